The van der Waals surface area contributed by atoms with Crippen LogP contribution in [0.25, 0.3) is 0 Å². The number of hydrogen-bond donors (Lipinski definition) is 2. The van der Waals surface area contributed by atoms with Crippen LogP contribution in [-0.4, -0.2) is 21.8 Å². The smallest absolute Gasteiger partial charge is 0.255 e. The summed E-state index contributed by atoms with van der Waals surface area (Å²) in [7, 11) is 0. The first-order valence-corrected chi connectivity index (χ1v) is 7.40. The Morgan fingerprint density at radius 2 is 1.87 bits per heavy atom. The molecule has 0 fully saturated rings. The number of hydrazone groups is 1. The molecule has 0 aliphatic carbocycles. The van der Waals surface area contributed by atoms with Crippen LogP contribution in [0.15, 0.2) is 34.2 Å². The fraction of sp³-hybridized carbons (Fsp3) is 0.353. The fourth-order valence-corrected chi connectivity index (χ4v) is 1.84. The Bertz CT molecular complexity index is 756. The summed E-state index contributed by atoms with van der Waals surface area (Å²) in [5, 5.41) is 4.08. The lowest BCUT2D eigenvalue weighted by Crippen LogP contribution is -2.22. The molecule has 23 heavy (non-hydrogen) atoms. The van der Waals surface area contributed by atoms with Crippen LogP contribution in [0.2, 0.25) is 0 Å². The number of aryl methyl sites for hydroxylation is 1. The van der Waals surface area contributed by atoms with E-state index < -0.39 is 0 Å². The van der Waals surface area contributed by atoms with E-state index in [0.717, 1.165) is 11.3 Å². The Balaban J connectivity index is 2.02. The van der Waals surface area contributed by atoms with Crippen molar-refractivity contribution in [1.29, 1.82) is 0 Å². The first-order chi connectivity index (χ1) is 10.7. The highest BCUT2D eigenvalue weighted by Crippen LogP contribution is 2.17. The zero-order valence-corrected chi connectivity index (χ0v) is 14.1. The van der Waals surface area contributed by atoms with Crippen LogP contribution in [0.1, 0.15) is 37.6 Å². The molecule has 0 bridgehead atoms. The van der Waals surface area contributed by atoms with Crippen molar-refractivity contribution >= 4 is 12.2 Å². The number of anilines is 1. The first kappa shape index (κ1) is 16.7. The van der Waals surface area contributed by atoms with Gasteiger partial charge in [-0.1, -0.05) is 0 Å². The number of hydrogen-bond acceptors (Lipinski definition) is 5. The van der Waals surface area contributed by atoms with Crippen molar-refractivity contribution in [2.24, 2.45) is 5.10 Å². The van der Waals surface area contributed by atoms with E-state index in [4.69, 9.17) is 4.74 Å². The second-order valence-electron chi connectivity index (χ2n) is 6.28. The SMILES string of the molecule is Cc1nc(N/N=C\c2ccc(OC(C)(C)C)cc2)[nH]c(=O)c1C. The fourth-order valence-electron chi connectivity index (χ4n) is 1.84. The molecule has 0 saturated heterocycles. The molecule has 0 amide bonds. The second kappa shape index (κ2) is 6.64. The normalized spacial score (nSPS) is 11.7. The molecule has 0 saturated carbocycles. The summed E-state index contributed by atoms with van der Waals surface area (Å²) < 4.78 is 5.76. The molecule has 0 aliphatic heterocycles. The summed E-state index contributed by atoms with van der Waals surface area (Å²) in [6, 6.07) is 7.59. The van der Waals surface area contributed by atoms with Crippen LogP contribution in [0.4, 0.5) is 5.95 Å². The average Bonchev–Trinajstić information content (AvgIpc) is 2.45. The van der Waals surface area contributed by atoms with Crippen molar-refractivity contribution in [2.45, 2.75) is 40.2 Å². The summed E-state index contributed by atoms with van der Waals surface area (Å²) in [6.07, 6.45) is 1.65. The molecule has 2 aromatic rings. The van der Waals surface area contributed by atoms with E-state index in [0.29, 0.717) is 17.2 Å². The predicted molar refractivity (Wildman–Crippen MR) is 92.4 cm³/mol. The number of aromatic amines is 1. The molecule has 0 atom stereocenters. The molecule has 0 aliphatic rings. The molecule has 1 aromatic carbocycles. The lowest BCUT2D eigenvalue weighted by atomic mass is 10.2. The average molecular weight is 314 g/mol. The third-order valence-electron chi connectivity index (χ3n) is 3.08. The highest BCUT2D eigenvalue weighted by Gasteiger charge is 2.11. The molecule has 6 heteroatoms. The molecule has 1 heterocycles. The van der Waals surface area contributed by atoms with Crippen molar-refractivity contribution in [3.63, 3.8) is 0 Å². The zero-order chi connectivity index (χ0) is 17.0. The molecule has 2 N–H and O–H groups in total. The van der Waals surface area contributed by atoms with Crippen LogP contribution in [-0.2, 0) is 0 Å². The molecule has 2 rings (SSSR count). The van der Waals surface area contributed by atoms with Gasteiger partial charge in [-0.15, -0.1) is 0 Å². The summed E-state index contributed by atoms with van der Waals surface area (Å²) in [5.74, 6) is 1.13. The van der Waals surface area contributed by atoms with Crippen LogP contribution in [0, 0.1) is 13.8 Å². The van der Waals surface area contributed by atoms with Crippen molar-refractivity contribution in [3.05, 3.63) is 51.4 Å². The van der Waals surface area contributed by atoms with Gasteiger partial charge in [0.05, 0.1) is 6.21 Å². The van der Waals surface area contributed by atoms with Gasteiger partial charge in [-0.2, -0.15) is 5.10 Å². The van der Waals surface area contributed by atoms with E-state index in [9.17, 15) is 4.79 Å². The first-order valence-electron chi connectivity index (χ1n) is 7.40. The van der Waals surface area contributed by atoms with Gasteiger partial charge >= 0.3 is 0 Å². The molecular weight excluding hydrogens is 292 g/mol. The summed E-state index contributed by atoms with van der Waals surface area (Å²) in [4.78, 5) is 18.5. The topological polar surface area (TPSA) is 79.4 Å². The Morgan fingerprint density at radius 1 is 1.22 bits per heavy atom. The number of rotatable bonds is 4. The minimum atomic E-state index is -0.224. The number of H-pyrrole nitrogens is 1. The van der Waals surface area contributed by atoms with Gasteiger partial charge in [0.15, 0.2) is 0 Å². The lowest BCUT2D eigenvalue weighted by Gasteiger charge is -2.21. The number of benzene rings is 1. The van der Waals surface area contributed by atoms with E-state index >= 15 is 0 Å². The van der Waals surface area contributed by atoms with Crippen molar-refractivity contribution in [1.82, 2.24) is 9.97 Å². The number of nitrogens with zero attached hydrogens (tertiary/aromatic N) is 2. The van der Waals surface area contributed by atoms with Gasteiger partial charge in [0.25, 0.3) is 5.56 Å². The van der Waals surface area contributed by atoms with Crippen molar-refractivity contribution in [3.8, 4) is 5.75 Å². The zero-order valence-electron chi connectivity index (χ0n) is 14.1. The van der Waals surface area contributed by atoms with E-state index in [1.807, 2.05) is 45.0 Å². The van der Waals surface area contributed by atoms with E-state index in [1.165, 1.54) is 0 Å². The highest BCUT2D eigenvalue weighted by molar-refractivity contribution is 5.80. The predicted octanol–water partition coefficient (Wildman–Crippen LogP) is 3.01. The van der Waals surface area contributed by atoms with Crippen LogP contribution in [0.5, 0.6) is 5.75 Å². The van der Waals surface area contributed by atoms with Crippen molar-refractivity contribution in [2.75, 3.05) is 5.43 Å². The summed E-state index contributed by atoms with van der Waals surface area (Å²) in [5.41, 5.74) is 4.52. The van der Waals surface area contributed by atoms with Crippen molar-refractivity contribution < 1.29 is 4.74 Å². The van der Waals surface area contributed by atoms with Crippen LogP contribution >= 0.6 is 0 Å². The minimum absolute atomic E-state index is 0.168. The Hall–Kier alpha value is -2.63. The van der Waals surface area contributed by atoms with Crippen LogP contribution < -0.4 is 15.7 Å². The molecule has 0 radical (unpaired) electrons. The third kappa shape index (κ3) is 4.95. The molecular formula is C17H22N4O2. The van der Waals surface area contributed by atoms with Crippen LogP contribution in [0.3, 0.4) is 0 Å². The van der Waals surface area contributed by atoms with E-state index in [1.54, 1.807) is 20.1 Å². The molecule has 1 aromatic heterocycles. The van der Waals surface area contributed by atoms with Gasteiger partial charge in [-0.05, 0) is 64.4 Å². The summed E-state index contributed by atoms with van der Waals surface area (Å²) >= 11 is 0. The van der Waals surface area contributed by atoms with Gasteiger partial charge in [-0.3, -0.25) is 9.78 Å². The number of aromatic nitrogens is 2. The maximum Gasteiger partial charge on any atom is 0.255 e. The molecule has 0 spiro atoms. The molecule has 122 valence electrons. The maximum atomic E-state index is 11.6. The quantitative estimate of drug-likeness (QED) is 0.671. The standard InChI is InChI=1S/C17H22N4O2/c1-11-12(2)19-16(20-15(11)22)21-18-10-13-6-8-14(9-7-13)23-17(3,4)5/h6-10H,1-5H3,(H2,19,20,21,22)/b18-10-. The van der Waals surface area contributed by atoms with Gasteiger partial charge in [-0.25, -0.2) is 10.4 Å². The number of nitrogens with one attached hydrogen (secondary N) is 2. The third-order valence-corrected chi connectivity index (χ3v) is 3.08. The van der Waals surface area contributed by atoms with Gasteiger partial charge in [0.1, 0.15) is 11.4 Å². The Labute approximate surface area is 135 Å². The number of ether oxygens (including phenoxy) is 1. The Morgan fingerprint density at radius 3 is 2.43 bits per heavy atom. The summed E-state index contributed by atoms with van der Waals surface area (Å²) in [6.45, 7) is 9.53. The highest BCUT2D eigenvalue weighted by atomic mass is 16.5. The van der Waals surface area contributed by atoms with Gasteiger partial charge in [0, 0.05) is 11.3 Å². The second-order valence-corrected chi connectivity index (χ2v) is 6.28. The Kier molecular flexibility index (Phi) is 4.83. The minimum Gasteiger partial charge on any atom is -0.488 e. The maximum absolute atomic E-state index is 11.6. The molecule has 0 unspecified atom stereocenters. The molecule has 6 nitrogen and oxygen atoms in total. The largest absolute Gasteiger partial charge is 0.488 e. The monoisotopic (exact) mass is 314 g/mol. The lowest BCUT2D eigenvalue weighted by molar-refractivity contribution is 0.131. The van der Waals surface area contributed by atoms with Gasteiger partial charge in [0.2, 0.25) is 5.95 Å². The van der Waals surface area contributed by atoms with Gasteiger partial charge < -0.3 is 4.74 Å². The van der Waals surface area contributed by atoms with E-state index in [2.05, 4.69) is 20.5 Å². The van der Waals surface area contributed by atoms with E-state index in [-0.39, 0.29) is 11.2 Å².